The van der Waals surface area contributed by atoms with Crippen molar-refractivity contribution >= 4 is 12.2 Å². The molecular formula is C16H24. The third kappa shape index (κ3) is 2.55. The molecular weight excluding hydrogens is 192 g/mol. The second-order valence-electron chi connectivity index (χ2n) is 5.45. The quantitative estimate of drug-likeness (QED) is 0.709. The van der Waals surface area contributed by atoms with Crippen molar-refractivity contribution in [3.8, 4) is 0 Å². The molecule has 0 atom stereocenters. The van der Waals surface area contributed by atoms with Crippen molar-refractivity contribution in [3.63, 3.8) is 0 Å². The molecule has 0 aromatic heterocycles. The van der Waals surface area contributed by atoms with Crippen molar-refractivity contribution in [3.05, 3.63) is 33.7 Å². The van der Waals surface area contributed by atoms with Crippen LogP contribution in [0.1, 0.15) is 64.5 Å². The molecule has 1 aromatic rings. The molecule has 0 N–H and O–H groups in total. The lowest BCUT2D eigenvalue weighted by Crippen LogP contribution is -2.30. The van der Waals surface area contributed by atoms with E-state index >= 15 is 0 Å². The first-order valence-corrected chi connectivity index (χ1v) is 6.15. The van der Waals surface area contributed by atoms with E-state index in [1.165, 1.54) is 27.1 Å². The third-order valence-corrected chi connectivity index (χ3v) is 3.13. The molecule has 0 fully saturated rings. The Labute approximate surface area is 99.7 Å². The zero-order valence-electron chi connectivity index (χ0n) is 11.5. The highest BCUT2D eigenvalue weighted by atomic mass is 14.1. The van der Waals surface area contributed by atoms with Gasteiger partial charge in [0, 0.05) is 0 Å². The first-order chi connectivity index (χ1) is 7.34. The fourth-order valence-electron chi connectivity index (χ4n) is 2.01. The molecule has 0 unspecified atom stereocenters. The molecule has 0 amide bonds. The van der Waals surface area contributed by atoms with Crippen molar-refractivity contribution in [2.45, 2.75) is 53.4 Å². The predicted octanol–water partition coefficient (Wildman–Crippen LogP) is 3.53. The summed E-state index contributed by atoms with van der Waals surface area (Å²) < 4.78 is 0. The van der Waals surface area contributed by atoms with Crippen LogP contribution in [-0.4, -0.2) is 0 Å². The van der Waals surface area contributed by atoms with E-state index in [4.69, 9.17) is 0 Å². The van der Waals surface area contributed by atoms with Crippen molar-refractivity contribution < 1.29 is 0 Å². The molecule has 0 heteroatoms. The van der Waals surface area contributed by atoms with Gasteiger partial charge in [0.1, 0.15) is 0 Å². The number of benzene rings is 1. The number of hydrogen-bond acceptors (Lipinski definition) is 0. The first kappa shape index (κ1) is 13.0. The predicted molar refractivity (Wildman–Crippen MR) is 74.1 cm³/mol. The van der Waals surface area contributed by atoms with E-state index in [9.17, 15) is 0 Å². The monoisotopic (exact) mass is 216 g/mol. The van der Waals surface area contributed by atoms with Crippen molar-refractivity contribution in [2.75, 3.05) is 0 Å². The molecule has 0 aliphatic rings. The van der Waals surface area contributed by atoms with E-state index in [1.54, 1.807) is 0 Å². The lowest BCUT2D eigenvalue weighted by atomic mass is 9.92. The van der Waals surface area contributed by atoms with Crippen LogP contribution in [0.2, 0.25) is 0 Å². The Balaban J connectivity index is 3.67. The molecule has 88 valence electrons. The van der Waals surface area contributed by atoms with Crippen molar-refractivity contribution in [1.82, 2.24) is 0 Å². The standard InChI is InChI=1S/C16H24/c1-10(2)14-8-15(11(3)4)13(7)16(9-14)12(5)6/h8-11H,7H2,1-6H3. The van der Waals surface area contributed by atoms with Crippen LogP contribution in [0, 0.1) is 0 Å². The van der Waals surface area contributed by atoms with E-state index in [0.29, 0.717) is 11.8 Å². The van der Waals surface area contributed by atoms with Gasteiger partial charge in [0.2, 0.25) is 0 Å². The van der Waals surface area contributed by atoms with Crippen LogP contribution < -0.4 is 10.4 Å². The number of hydrogen-bond donors (Lipinski definition) is 0. The van der Waals surface area contributed by atoms with Gasteiger partial charge in [0.15, 0.2) is 0 Å². The molecule has 0 saturated heterocycles. The molecule has 0 aliphatic heterocycles. The molecule has 16 heavy (non-hydrogen) atoms. The molecule has 0 saturated carbocycles. The van der Waals surface area contributed by atoms with Crippen LogP contribution in [0.15, 0.2) is 12.1 Å². The maximum Gasteiger partial charge on any atom is -0.0198 e. The normalized spacial score (nSPS) is 11.2. The molecule has 0 radical (unpaired) electrons. The Morgan fingerprint density at radius 1 is 1.00 bits per heavy atom. The van der Waals surface area contributed by atoms with Gasteiger partial charge in [0.25, 0.3) is 0 Å². The topological polar surface area (TPSA) is 0 Å². The van der Waals surface area contributed by atoms with Crippen molar-refractivity contribution in [1.29, 1.82) is 0 Å². The van der Waals surface area contributed by atoms with Gasteiger partial charge in [-0.15, -0.1) is 0 Å². The molecule has 1 rings (SSSR count). The molecule has 0 bridgehead atoms. The highest BCUT2D eigenvalue weighted by Crippen LogP contribution is 2.16. The summed E-state index contributed by atoms with van der Waals surface area (Å²) in [4.78, 5) is 0. The summed E-state index contributed by atoms with van der Waals surface area (Å²) >= 11 is 0. The van der Waals surface area contributed by atoms with Crippen LogP contribution >= 0.6 is 0 Å². The van der Waals surface area contributed by atoms with E-state index < -0.39 is 0 Å². The lowest BCUT2D eigenvalue weighted by molar-refractivity contribution is 0.825. The van der Waals surface area contributed by atoms with Crippen molar-refractivity contribution in [2.24, 2.45) is 0 Å². The fraction of sp³-hybridized carbons (Fsp3) is 0.500. The summed E-state index contributed by atoms with van der Waals surface area (Å²) in [6, 6.07) is 4.62. The minimum absolute atomic E-state index is 0.546. The van der Waals surface area contributed by atoms with E-state index in [-0.39, 0.29) is 0 Å². The fourth-order valence-corrected chi connectivity index (χ4v) is 2.01. The number of rotatable bonds is 2. The summed E-state index contributed by atoms with van der Waals surface area (Å²) in [6.45, 7) is 17.5. The van der Waals surface area contributed by atoms with Gasteiger partial charge in [-0.25, -0.2) is 0 Å². The van der Waals surface area contributed by atoms with Gasteiger partial charge in [-0.2, -0.15) is 0 Å². The zero-order chi connectivity index (χ0) is 12.5. The van der Waals surface area contributed by atoms with Gasteiger partial charge < -0.3 is 0 Å². The van der Waals surface area contributed by atoms with Gasteiger partial charge in [0.05, 0.1) is 0 Å². The largest absolute Gasteiger partial charge is 0.0909 e. The minimum Gasteiger partial charge on any atom is -0.0909 e. The van der Waals surface area contributed by atoms with E-state index in [0.717, 1.165) is 0 Å². The van der Waals surface area contributed by atoms with Crippen LogP contribution in [0.4, 0.5) is 0 Å². The third-order valence-electron chi connectivity index (χ3n) is 3.13. The van der Waals surface area contributed by atoms with Crippen LogP contribution in [0.25, 0.3) is 12.2 Å². The summed E-state index contributed by atoms with van der Waals surface area (Å²) in [7, 11) is 0. The maximum absolute atomic E-state index is 4.24. The highest BCUT2D eigenvalue weighted by Gasteiger charge is 2.06. The summed E-state index contributed by atoms with van der Waals surface area (Å²) in [6.07, 6.45) is 0. The lowest BCUT2D eigenvalue weighted by Gasteiger charge is -2.13. The SMILES string of the molecule is C=c1c(C(C)C)cc(C(C)C)cc1=C(C)C. The smallest absolute Gasteiger partial charge is 0.0198 e. The molecule has 0 nitrogen and oxygen atoms in total. The minimum atomic E-state index is 0.546. The Morgan fingerprint density at radius 3 is 1.94 bits per heavy atom. The average Bonchev–Trinajstić information content (AvgIpc) is 2.16. The highest BCUT2D eigenvalue weighted by molar-refractivity contribution is 5.44. The summed E-state index contributed by atoms with van der Waals surface area (Å²) in [5.74, 6) is 1.13. The van der Waals surface area contributed by atoms with E-state index in [2.05, 4.69) is 60.3 Å². The van der Waals surface area contributed by atoms with Gasteiger partial charge in [-0.05, 0) is 47.2 Å². The molecule has 0 heterocycles. The summed E-state index contributed by atoms with van der Waals surface area (Å²) in [5.41, 5.74) is 4.17. The van der Waals surface area contributed by atoms with E-state index in [1.807, 2.05) is 0 Å². The Morgan fingerprint density at radius 2 is 1.56 bits per heavy atom. The molecule has 0 spiro atoms. The molecule has 0 aliphatic carbocycles. The van der Waals surface area contributed by atoms with Crippen LogP contribution in [0.3, 0.4) is 0 Å². The first-order valence-electron chi connectivity index (χ1n) is 6.15. The molecule has 1 aromatic carbocycles. The Hall–Kier alpha value is -1.04. The van der Waals surface area contributed by atoms with Gasteiger partial charge >= 0.3 is 0 Å². The average molecular weight is 216 g/mol. The Kier molecular flexibility index (Phi) is 3.96. The summed E-state index contributed by atoms with van der Waals surface area (Å²) in [5, 5.41) is 2.54. The van der Waals surface area contributed by atoms with Gasteiger partial charge in [-0.1, -0.05) is 52.0 Å². The Bertz CT molecular complexity index is 471. The van der Waals surface area contributed by atoms with Gasteiger partial charge in [-0.3, -0.25) is 0 Å². The second kappa shape index (κ2) is 4.86. The van der Waals surface area contributed by atoms with Crippen LogP contribution in [-0.2, 0) is 0 Å². The second-order valence-corrected chi connectivity index (χ2v) is 5.45. The van der Waals surface area contributed by atoms with Crippen LogP contribution in [0.5, 0.6) is 0 Å². The zero-order valence-corrected chi connectivity index (χ0v) is 11.5. The maximum atomic E-state index is 4.24.